The Bertz CT molecular complexity index is 3160. The molecule has 0 aliphatic heterocycles. The van der Waals surface area contributed by atoms with E-state index < -0.39 is 10.8 Å². The van der Waals surface area contributed by atoms with Crippen LogP contribution >= 0.6 is 0 Å². The van der Waals surface area contributed by atoms with Crippen molar-refractivity contribution < 1.29 is 0 Å². The Balaban J connectivity index is 1.08. The lowest BCUT2D eigenvalue weighted by atomic mass is 9.51. The second-order valence-electron chi connectivity index (χ2n) is 16.7. The summed E-state index contributed by atoms with van der Waals surface area (Å²) in [7, 11) is 0. The van der Waals surface area contributed by atoms with Crippen molar-refractivity contribution in [3.63, 3.8) is 0 Å². The van der Waals surface area contributed by atoms with Crippen LogP contribution in [0, 0.1) is 0 Å². The van der Waals surface area contributed by atoms with Gasteiger partial charge < -0.3 is 4.90 Å². The zero-order chi connectivity index (χ0) is 41.8. The molecule has 0 unspecified atom stereocenters. The average molecular weight is 802 g/mol. The summed E-state index contributed by atoms with van der Waals surface area (Å²) in [6.45, 7) is 0. The van der Waals surface area contributed by atoms with Crippen LogP contribution in [0.5, 0.6) is 0 Å². The number of hydrogen-bond acceptors (Lipinski definition) is 1. The van der Waals surface area contributed by atoms with Gasteiger partial charge in [-0.05, 0) is 103 Å². The second kappa shape index (κ2) is 14.9. The molecule has 10 aromatic rings. The van der Waals surface area contributed by atoms with Crippen molar-refractivity contribution in [2.75, 3.05) is 4.90 Å². The maximum Gasteiger partial charge on any atom is 0.0720 e. The number of fused-ring (bicyclic) bond motifs is 9. The van der Waals surface area contributed by atoms with Gasteiger partial charge in [-0.2, -0.15) is 0 Å². The SMILES string of the molecule is c1ccc(-c2ccc(-c3ccc(N(c4ccccc4)c4cccc5c4-c4ccccc4C54c5ccccc5C(c5ccccc5)(c5ccccc5)c5ccccc54)cc3)cc2)cc1. The van der Waals surface area contributed by atoms with E-state index in [1.807, 2.05) is 0 Å². The molecule has 0 aromatic heterocycles. The predicted molar refractivity (Wildman–Crippen MR) is 261 cm³/mol. The Morgan fingerprint density at radius 1 is 0.238 bits per heavy atom. The molecule has 63 heavy (non-hydrogen) atoms. The van der Waals surface area contributed by atoms with Crippen molar-refractivity contribution in [3.05, 3.63) is 305 Å². The molecule has 0 saturated carbocycles. The summed E-state index contributed by atoms with van der Waals surface area (Å²) < 4.78 is 0. The molecule has 0 N–H and O–H groups in total. The molecule has 12 rings (SSSR count). The lowest BCUT2D eigenvalue weighted by Crippen LogP contribution is -2.44. The normalized spacial score (nSPS) is 13.7. The predicted octanol–water partition coefficient (Wildman–Crippen LogP) is 15.5. The second-order valence-corrected chi connectivity index (χ2v) is 16.7. The van der Waals surface area contributed by atoms with Crippen LogP contribution in [-0.4, -0.2) is 0 Å². The maximum atomic E-state index is 2.45. The fourth-order valence-corrected chi connectivity index (χ4v) is 11.1. The van der Waals surface area contributed by atoms with Gasteiger partial charge in [0.05, 0.1) is 16.5 Å². The van der Waals surface area contributed by atoms with Crippen molar-refractivity contribution in [3.8, 4) is 33.4 Å². The van der Waals surface area contributed by atoms with E-state index >= 15 is 0 Å². The summed E-state index contributed by atoms with van der Waals surface area (Å²) in [4.78, 5) is 2.45. The Labute approximate surface area is 369 Å². The number of hydrogen-bond donors (Lipinski definition) is 0. The van der Waals surface area contributed by atoms with Crippen LogP contribution in [0.4, 0.5) is 17.1 Å². The van der Waals surface area contributed by atoms with Crippen LogP contribution in [0.15, 0.2) is 261 Å². The molecule has 296 valence electrons. The third-order valence-electron chi connectivity index (χ3n) is 13.6. The van der Waals surface area contributed by atoms with Gasteiger partial charge in [0, 0.05) is 16.9 Å². The van der Waals surface area contributed by atoms with Gasteiger partial charge >= 0.3 is 0 Å². The molecule has 0 radical (unpaired) electrons. The van der Waals surface area contributed by atoms with Crippen LogP contribution < -0.4 is 4.90 Å². The first-order valence-corrected chi connectivity index (χ1v) is 21.9. The molecule has 0 amide bonds. The highest BCUT2D eigenvalue weighted by molar-refractivity contribution is 5.98. The molecule has 2 aliphatic carbocycles. The first kappa shape index (κ1) is 36.8. The summed E-state index contributed by atoms with van der Waals surface area (Å²) >= 11 is 0. The summed E-state index contributed by atoms with van der Waals surface area (Å²) in [6.07, 6.45) is 0. The smallest absolute Gasteiger partial charge is 0.0720 e. The number of nitrogens with zero attached hydrogens (tertiary/aromatic N) is 1. The molecule has 10 aromatic carbocycles. The Morgan fingerprint density at radius 3 is 1.13 bits per heavy atom. The Kier molecular flexibility index (Phi) is 8.69. The van der Waals surface area contributed by atoms with Crippen LogP contribution in [0.25, 0.3) is 33.4 Å². The minimum atomic E-state index is -0.583. The number of anilines is 3. The van der Waals surface area contributed by atoms with Gasteiger partial charge in [-0.15, -0.1) is 0 Å². The quantitative estimate of drug-likeness (QED) is 0.155. The van der Waals surface area contributed by atoms with Crippen molar-refractivity contribution in [1.82, 2.24) is 0 Å². The van der Waals surface area contributed by atoms with Gasteiger partial charge in [-0.3, -0.25) is 0 Å². The van der Waals surface area contributed by atoms with E-state index in [4.69, 9.17) is 0 Å². The molecule has 1 nitrogen and oxygen atoms in total. The largest absolute Gasteiger partial charge is 0.310 e. The van der Waals surface area contributed by atoms with E-state index in [2.05, 4.69) is 266 Å². The molecule has 1 spiro atoms. The van der Waals surface area contributed by atoms with E-state index in [1.54, 1.807) is 0 Å². The zero-order valence-corrected chi connectivity index (χ0v) is 34.8. The molecular formula is C62H43N. The van der Waals surface area contributed by atoms with Gasteiger partial charge in [0.15, 0.2) is 0 Å². The Hall–Kier alpha value is -8.00. The highest BCUT2D eigenvalue weighted by Crippen LogP contribution is 2.66. The van der Waals surface area contributed by atoms with E-state index in [0.29, 0.717) is 0 Å². The standard InChI is InChI=1S/C62H43N/c1-5-20-44(21-6-1)45-36-38-46(39-37-45)47-40-42-51(43-41-47)63(50-26-11-4-12-27-50)59-35-19-34-58-60(59)52-28-13-14-29-53(52)62(58)56-32-17-15-30-54(56)61(48-22-7-2-8-23-48,49-24-9-3-10-25-49)55-31-16-18-33-57(55)62/h1-43H. The van der Waals surface area contributed by atoms with Gasteiger partial charge in [-0.1, -0.05) is 231 Å². The van der Waals surface area contributed by atoms with Gasteiger partial charge in [0.2, 0.25) is 0 Å². The molecule has 0 bridgehead atoms. The van der Waals surface area contributed by atoms with E-state index in [1.165, 1.54) is 77.9 Å². The van der Waals surface area contributed by atoms with Crippen molar-refractivity contribution >= 4 is 17.1 Å². The minimum absolute atomic E-state index is 0.546. The van der Waals surface area contributed by atoms with Crippen molar-refractivity contribution in [2.24, 2.45) is 0 Å². The lowest BCUT2D eigenvalue weighted by Gasteiger charge is -2.50. The highest BCUT2D eigenvalue weighted by atomic mass is 15.1. The molecule has 0 atom stereocenters. The Morgan fingerprint density at radius 2 is 0.603 bits per heavy atom. The molecular weight excluding hydrogens is 759 g/mol. The third kappa shape index (κ3) is 5.50. The van der Waals surface area contributed by atoms with Gasteiger partial charge in [0.25, 0.3) is 0 Å². The summed E-state index contributed by atoms with van der Waals surface area (Å²) in [5.41, 5.74) is 20.0. The maximum absolute atomic E-state index is 2.45. The third-order valence-corrected chi connectivity index (χ3v) is 13.6. The zero-order valence-electron chi connectivity index (χ0n) is 34.8. The fraction of sp³-hybridized carbons (Fsp3) is 0.0323. The van der Waals surface area contributed by atoms with E-state index in [0.717, 1.165) is 17.1 Å². The van der Waals surface area contributed by atoms with Crippen LogP contribution in [-0.2, 0) is 10.8 Å². The minimum Gasteiger partial charge on any atom is -0.310 e. The molecule has 1 heteroatoms. The monoisotopic (exact) mass is 801 g/mol. The first-order valence-electron chi connectivity index (χ1n) is 21.9. The molecule has 0 heterocycles. The lowest BCUT2D eigenvalue weighted by molar-refractivity contribution is 0.623. The topological polar surface area (TPSA) is 3.24 Å². The van der Waals surface area contributed by atoms with Crippen LogP contribution in [0.3, 0.4) is 0 Å². The molecule has 0 saturated heterocycles. The van der Waals surface area contributed by atoms with Crippen molar-refractivity contribution in [1.29, 1.82) is 0 Å². The number of para-hydroxylation sites is 1. The summed E-state index contributed by atoms with van der Waals surface area (Å²) in [5, 5.41) is 0. The van der Waals surface area contributed by atoms with Crippen molar-refractivity contribution in [2.45, 2.75) is 10.8 Å². The number of benzene rings is 10. The first-order chi connectivity index (χ1) is 31.3. The van der Waals surface area contributed by atoms with Gasteiger partial charge in [0.1, 0.15) is 0 Å². The number of rotatable bonds is 7. The summed E-state index contributed by atoms with van der Waals surface area (Å²) in [6, 6.07) is 96.4. The molecule has 2 aliphatic rings. The van der Waals surface area contributed by atoms with Gasteiger partial charge in [-0.25, -0.2) is 0 Å². The highest BCUT2D eigenvalue weighted by Gasteiger charge is 2.57. The van der Waals surface area contributed by atoms with E-state index in [-0.39, 0.29) is 0 Å². The van der Waals surface area contributed by atoms with Crippen LogP contribution in [0.2, 0.25) is 0 Å². The molecule has 0 fully saturated rings. The fourth-order valence-electron chi connectivity index (χ4n) is 11.1. The van der Waals surface area contributed by atoms with Crippen LogP contribution in [0.1, 0.15) is 44.5 Å². The summed E-state index contributed by atoms with van der Waals surface area (Å²) in [5.74, 6) is 0. The van der Waals surface area contributed by atoms with E-state index in [9.17, 15) is 0 Å². The average Bonchev–Trinajstić information content (AvgIpc) is 3.67.